The molecule has 0 amide bonds. The molecule has 0 saturated carbocycles. The Hall–Kier alpha value is -0.710. The molecule has 0 aliphatic rings. The first-order chi connectivity index (χ1) is 10.0. The second kappa shape index (κ2) is 7.52. The van der Waals surface area contributed by atoms with Crippen molar-refractivity contribution in [3.05, 3.63) is 49.4 Å². The highest BCUT2D eigenvalue weighted by Gasteiger charge is 2.15. The number of thiazole rings is 1. The number of aryl methyl sites for hydroxylation is 3. The van der Waals surface area contributed by atoms with E-state index in [-0.39, 0.29) is 0 Å². The van der Waals surface area contributed by atoms with Crippen LogP contribution in [0.2, 0.25) is 0 Å². The van der Waals surface area contributed by atoms with Crippen molar-refractivity contribution in [2.45, 2.75) is 46.6 Å². The topological polar surface area (TPSA) is 24.9 Å². The lowest BCUT2D eigenvalue weighted by Gasteiger charge is -2.20. The summed E-state index contributed by atoms with van der Waals surface area (Å²) in [4.78, 5) is 4.62. The Balaban J connectivity index is 2.26. The number of aromatic nitrogens is 1. The minimum atomic E-state index is 0.331. The summed E-state index contributed by atoms with van der Waals surface area (Å²) in [6.07, 6.45) is 2.09. The zero-order chi connectivity index (χ0) is 15.4. The number of hydrogen-bond donors (Lipinski definition) is 1. The molecule has 1 atom stereocenters. The zero-order valence-electron chi connectivity index (χ0n) is 13.2. The van der Waals surface area contributed by atoms with Gasteiger partial charge in [-0.1, -0.05) is 35.0 Å². The molecule has 2 nitrogen and oxygen atoms in total. The lowest BCUT2D eigenvalue weighted by molar-refractivity contribution is 0.524. The first-order valence-electron chi connectivity index (χ1n) is 7.42. The quantitative estimate of drug-likeness (QED) is 0.767. The summed E-state index contributed by atoms with van der Waals surface area (Å²) in [5.74, 6) is 0. The van der Waals surface area contributed by atoms with Crippen LogP contribution < -0.4 is 5.32 Å². The van der Waals surface area contributed by atoms with Crippen molar-refractivity contribution in [1.82, 2.24) is 10.3 Å². The van der Waals surface area contributed by atoms with Gasteiger partial charge in [0.25, 0.3) is 0 Å². The van der Waals surface area contributed by atoms with E-state index in [4.69, 9.17) is 0 Å². The van der Waals surface area contributed by atoms with Crippen molar-refractivity contribution < 1.29 is 0 Å². The fourth-order valence-electron chi connectivity index (χ4n) is 2.52. The van der Waals surface area contributed by atoms with E-state index < -0.39 is 0 Å². The van der Waals surface area contributed by atoms with Gasteiger partial charge in [0.1, 0.15) is 0 Å². The van der Waals surface area contributed by atoms with Gasteiger partial charge >= 0.3 is 0 Å². The third-order valence-electron chi connectivity index (χ3n) is 3.58. The SMILES string of the molecule is CCCNC(Cc1csc(C)n1)c1cc(C)c(Br)c(C)c1. The fraction of sp³-hybridized carbons (Fsp3) is 0.471. The summed E-state index contributed by atoms with van der Waals surface area (Å²) < 4.78 is 1.21. The smallest absolute Gasteiger partial charge is 0.0897 e. The zero-order valence-corrected chi connectivity index (χ0v) is 15.6. The van der Waals surface area contributed by atoms with E-state index in [0.717, 1.165) is 24.4 Å². The summed E-state index contributed by atoms with van der Waals surface area (Å²) >= 11 is 5.38. The van der Waals surface area contributed by atoms with Crippen molar-refractivity contribution in [2.24, 2.45) is 0 Å². The summed E-state index contributed by atoms with van der Waals surface area (Å²) in [6.45, 7) is 9.61. The molecular weight excluding hydrogens is 344 g/mol. The van der Waals surface area contributed by atoms with Crippen LogP contribution in [0.5, 0.6) is 0 Å². The molecule has 114 valence electrons. The van der Waals surface area contributed by atoms with Crippen LogP contribution in [0.3, 0.4) is 0 Å². The third-order valence-corrected chi connectivity index (χ3v) is 5.65. The Bertz CT molecular complexity index is 584. The van der Waals surface area contributed by atoms with Gasteiger partial charge in [-0.3, -0.25) is 0 Å². The van der Waals surface area contributed by atoms with Crippen LogP contribution in [0.15, 0.2) is 22.0 Å². The van der Waals surface area contributed by atoms with E-state index in [2.05, 4.69) is 71.4 Å². The van der Waals surface area contributed by atoms with Gasteiger partial charge < -0.3 is 5.32 Å². The van der Waals surface area contributed by atoms with Gasteiger partial charge in [0.15, 0.2) is 0 Å². The molecule has 4 heteroatoms. The molecule has 2 aromatic rings. The number of rotatable bonds is 6. The summed E-state index contributed by atoms with van der Waals surface area (Å²) in [6, 6.07) is 4.89. The number of halogens is 1. The van der Waals surface area contributed by atoms with Gasteiger partial charge in [-0.15, -0.1) is 11.3 Å². The molecule has 0 saturated heterocycles. The van der Waals surface area contributed by atoms with Crippen LogP contribution in [0.25, 0.3) is 0 Å². The number of hydrogen-bond acceptors (Lipinski definition) is 3. The Morgan fingerprint density at radius 1 is 1.24 bits per heavy atom. The average molecular weight is 367 g/mol. The molecule has 0 fully saturated rings. The van der Waals surface area contributed by atoms with E-state index in [9.17, 15) is 0 Å². The monoisotopic (exact) mass is 366 g/mol. The molecule has 0 radical (unpaired) electrons. The lowest BCUT2D eigenvalue weighted by atomic mass is 9.98. The highest BCUT2D eigenvalue weighted by molar-refractivity contribution is 9.10. The average Bonchev–Trinajstić information content (AvgIpc) is 2.85. The molecule has 1 unspecified atom stereocenters. The van der Waals surface area contributed by atoms with E-state index in [1.165, 1.54) is 26.9 Å². The van der Waals surface area contributed by atoms with Crippen LogP contribution >= 0.6 is 27.3 Å². The standard InChI is InChI=1S/C17H23BrN2S/c1-5-6-19-16(9-15-10-21-13(4)20-15)14-7-11(2)17(18)12(3)8-14/h7-8,10,16,19H,5-6,9H2,1-4H3. The van der Waals surface area contributed by atoms with Crippen molar-refractivity contribution in [1.29, 1.82) is 0 Å². The molecule has 2 rings (SSSR count). The third kappa shape index (κ3) is 4.38. The molecule has 0 aliphatic carbocycles. The normalized spacial score (nSPS) is 12.6. The fourth-order valence-corrected chi connectivity index (χ4v) is 3.37. The van der Waals surface area contributed by atoms with E-state index in [0.29, 0.717) is 6.04 Å². The van der Waals surface area contributed by atoms with Gasteiger partial charge in [-0.25, -0.2) is 4.98 Å². The Morgan fingerprint density at radius 3 is 2.43 bits per heavy atom. The van der Waals surface area contributed by atoms with E-state index in [1.807, 2.05) is 0 Å². The Morgan fingerprint density at radius 2 is 1.90 bits per heavy atom. The maximum Gasteiger partial charge on any atom is 0.0897 e. The van der Waals surface area contributed by atoms with Gasteiger partial charge in [-0.05, 0) is 50.4 Å². The highest BCUT2D eigenvalue weighted by Crippen LogP contribution is 2.27. The van der Waals surface area contributed by atoms with Gasteiger partial charge in [0, 0.05) is 22.3 Å². The molecule has 1 aromatic heterocycles. The first kappa shape index (κ1) is 16.7. The maximum atomic E-state index is 4.62. The van der Waals surface area contributed by atoms with Crippen LogP contribution in [0.4, 0.5) is 0 Å². The van der Waals surface area contributed by atoms with Crippen LogP contribution in [-0.4, -0.2) is 11.5 Å². The second-order valence-electron chi connectivity index (χ2n) is 5.54. The molecule has 1 aromatic carbocycles. The number of benzene rings is 1. The van der Waals surface area contributed by atoms with Crippen molar-refractivity contribution in [3.8, 4) is 0 Å². The van der Waals surface area contributed by atoms with Crippen LogP contribution in [0, 0.1) is 20.8 Å². The van der Waals surface area contributed by atoms with Crippen LogP contribution in [-0.2, 0) is 6.42 Å². The predicted molar refractivity (Wildman–Crippen MR) is 95.2 cm³/mol. The predicted octanol–water partition coefficient (Wildman–Crippen LogP) is 5.11. The number of nitrogens with zero attached hydrogens (tertiary/aromatic N) is 1. The molecule has 1 heterocycles. The molecule has 0 bridgehead atoms. The minimum Gasteiger partial charge on any atom is -0.310 e. The van der Waals surface area contributed by atoms with Crippen molar-refractivity contribution >= 4 is 27.3 Å². The molecule has 1 N–H and O–H groups in total. The van der Waals surface area contributed by atoms with Gasteiger partial charge in [0.2, 0.25) is 0 Å². The maximum absolute atomic E-state index is 4.62. The summed E-state index contributed by atoms with van der Waals surface area (Å²) in [5.41, 5.74) is 5.13. The summed E-state index contributed by atoms with van der Waals surface area (Å²) in [5, 5.41) is 6.98. The largest absolute Gasteiger partial charge is 0.310 e. The Kier molecular flexibility index (Phi) is 5.97. The molecule has 0 spiro atoms. The Labute approximate surface area is 140 Å². The second-order valence-corrected chi connectivity index (χ2v) is 7.39. The van der Waals surface area contributed by atoms with E-state index in [1.54, 1.807) is 11.3 Å². The van der Waals surface area contributed by atoms with Crippen LogP contribution in [0.1, 0.15) is 46.8 Å². The highest BCUT2D eigenvalue weighted by atomic mass is 79.9. The molecule has 21 heavy (non-hydrogen) atoms. The molecule has 0 aliphatic heterocycles. The van der Waals surface area contributed by atoms with Crippen molar-refractivity contribution in [3.63, 3.8) is 0 Å². The first-order valence-corrected chi connectivity index (χ1v) is 9.09. The molecular formula is C17H23BrN2S. The summed E-state index contributed by atoms with van der Waals surface area (Å²) in [7, 11) is 0. The lowest BCUT2D eigenvalue weighted by Crippen LogP contribution is -2.24. The van der Waals surface area contributed by atoms with Gasteiger partial charge in [-0.2, -0.15) is 0 Å². The van der Waals surface area contributed by atoms with Crippen molar-refractivity contribution in [2.75, 3.05) is 6.54 Å². The van der Waals surface area contributed by atoms with E-state index >= 15 is 0 Å². The number of nitrogens with one attached hydrogen (secondary N) is 1. The minimum absolute atomic E-state index is 0.331. The van der Waals surface area contributed by atoms with Gasteiger partial charge in [0.05, 0.1) is 10.7 Å².